The molecular formula is C21H17F2N3O2. The van der Waals surface area contributed by atoms with Crippen LogP contribution in [0.4, 0.5) is 14.5 Å². The van der Waals surface area contributed by atoms with E-state index < -0.39 is 5.82 Å². The topological polar surface area (TPSA) is 55.5 Å². The number of halogens is 2. The lowest BCUT2D eigenvalue weighted by Crippen LogP contribution is -2.23. The van der Waals surface area contributed by atoms with Gasteiger partial charge >= 0.3 is 0 Å². The van der Waals surface area contributed by atoms with Gasteiger partial charge in [-0.05, 0) is 61.0 Å². The van der Waals surface area contributed by atoms with E-state index in [1.54, 1.807) is 28.8 Å². The second kappa shape index (κ2) is 7.26. The van der Waals surface area contributed by atoms with E-state index >= 15 is 0 Å². The molecule has 142 valence electrons. The first-order valence-electron chi connectivity index (χ1n) is 8.87. The molecule has 0 saturated heterocycles. The molecule has 0 aliphatic rings. The van der Waals surface area contributed by atoms with Gasteiger partial charge in [-0.2, -0.15) is 0 Å². The van der Waals surface area contributed by atoms with Crippen molar-refractivity contribution in [1.29, 1.82) is 0 Å². The van der Waals surface area contributed by atoms with E-state index in [1.807, 2.05) is 0 Å². The molecule has 4 aromatic rings. The van der Waals surface area contributed by atoms with Crippen molar-refractivity contribution in [2.75, 3.05) is 5.32 Å². The van der Waals surface area contributed by atoms with Crippen LogP contribution in [0.25, 0.3) is 16.6 Å². The number of rotatable bonds is 5. The Balaban J connectivity index is 1.54. The van der Waals surface area contributed by atoms with Gasteiger partial charge in [-0.15, -0.1) is 0 Å². The number of aromatic nitrogens is 2. The molecule has 5 nitrogen and oxygen atoms in total. The Morgan fingerprint density at radius 1 is 0.929 bits per heavy atom. The lowest BCUT2D eigenvalue weighted by Gasteiger charge is -2.13. The van der Waals surface area contributed by atoms with Crippen molar-refractivity contribution in [3.05, 3.63) is 82.8 Å². The number of nitrogens with zero attached hydrogens (tertiary/aromatic N) is 2. The van der Waals surface area contributed by atoms with Gasteiger partial charge in [0, 0.05) is 24.8 Å². The molecule has 0 fully saturated rings. The second-order valence-corrected chi connectivity index (χ2v) is 6.51. The number of aryl methyl sites for hydroxylation is 1. The maximum Gasteiger partial charge on any atom is 0.275 e. The highest BCUT2D eigenvalue weighted by molar-refractivity contribution is 5.90. The van der Waals surface area contributed by atoms with E-state index in [0.29, 0.717) is 23.1 Å². The maximum absolute atomic E-state index is 13.8. The predicted octanol–water partition coefficient (Wildman–Crippen LogP) is 3.95. The first-order valence-corrected chi connectivity index (χ1v) is 8.87. The normalized spacial score (nSPS) is 11.2. The Hall–Kier alpha value is -3.48. The summed E-state index contributed by atoms with van der Waals surface area (Å²) < 4.78 is 29.9. The van der Waals surface area contributed by atoms with Gasteiger partial charge < -0.3 is 14.3 Å². The zero-order valence-corrected chi connectivity index (χ0v) is 14.9. The minimum absolute atomic E-state index is 0.173. The number of carbonyl (C=O) groups excluding carboxylic acids is 1. The molecule has 0 bridgehead atoms. The van der Waals surface area contributed by atoms with Crippen molar-refractivity contribution in [2.45, 2.75) is 19.4 Å². The molecule has 1 amide bonds. The second-order valence-electron chi connectivity index (χ2n) is 6.51. The fraction of sp³-hybridized carbons (Fsp3) is 0.143. The van der Waals surface area contributed by atoms with Gasteiger partial charge in [-0.1, -0.05) is 0 Å². The number of fused-ring (bicyclic) bond motifs is 3. The minimum Gasteiger partial charge on any atom is -0.326 e. The van der Waals surface area contributed by atoms with Crippen molar-refractivity contribution >= 4 is 28.1 Å². The van der Waals surface area contributed by atoms with Gasteiger partial charge in [-0.25, -0.2) is 8.78 Å². The van der Waals surface area contributed by atoms with E-state index in [4.69, 9.17) is 0 Å². The fourth-order valence-electron chi connectivity index (χ4n) is 3.31. The zero-order chi connectivity index (χ0) is 19.7. The molecule has 2 aromatic heterocycles. The summed E-state index contributed by atoms with van der Waals surface area (Å²) in [6, 6.07) is 13.3. The number of carbonyl (C=O) groups is 1. The maximum atomic E-state index is 13.8. The largest absolute Gasteiger partial charge is 0.326 e. The third kappa shape index (κ3) is 3.38. The first-order chi connectivity index (χ1) is 13.5. The van der Waals surface area contributed by atoms with E-state index in [9.17, 15) is 18.4 Å². The Labute approximate surface area is 158 Å². The number of anilines is 1. The van der Waals surface area contributed by atoms with Crippen LogP contribution >= 0.6 is 0 Å². The Morgan fingerprint density at radius 3 is 2.46 bits per heavy atom. The Morgan fingerprint density at radius 2 is 1.68 bits per heavy atom. The molecule has 0 spiro atoms. The fourth-order valence-corrected chi connectivity index (χ4v) is 3.31. The van der Waals surface area contributed by atoms with Crippen LogP contribution in [0.15, 0.2) is 65.6 Å². The average molecular weight is 381 g/mol. The molecule has 0 aliphatic heterocycles. The third-order valence-electron chi connectivity index (χ3n) is 4.61. The molecular weight excluding hydrogens is 364 g/mol. The van der Waals surface area contributed by atoms with Crippen LogP contribution in [0.2, 0.25) is 0 Å². The van der Waals surface area contributed by atoms with Crippen LogP contribution in [0, 0.1) is 11.6 Å². The monoisotopic (exact) mass is 381 g/mol. The van der Waals surface area contributed by atoms with Crippen LogP contribution < -0.4 is 10.9 Å². The molecule has 0 unspecified atom stereocenters. The summed E-state index contributed by atoms with van der Waals surface area (Å²) in [5, 5.41) is 2.68. The van der Waals surface area contributed by atoms with Crippen LogP contribution in [-0.2, 0) is 11.3 Å². The van der Waals surface area contributed by atoms with E-state index in [1.165, 1.54) is 41.0 Å². The molecule has 0 radical (unpaired) electrons. The molecule has 7 heteroatoms. The number of benzene rings is 2. The lowest BCUT2D eigenvalue weighted by atomic mass is 10.2. The zero-order valence-electron chi connectivity index (χ0n) is 14.9. The van der Waals surface area contributed by atoms with Crippen LogP contribution in [-0.4, -0.2) is 14.9 Å². The number of amides is 1. The van der Waals surface area contributed by atoms with Crippen LogP contribution in [0.1, 0.15) is 12.8 Å². The molecule has 0 atom stereocenters. The van der Waals surface area contributed by atoms with Gasteiger partial charge in [-0.3, -0.25) is 9.59 Å². The molecule has 28 heavy (non-hydrogen) atoms. The third-order valence-corrected chi connectivity index (χ3v) is 4.61. The van der Waals surface area contributed by atoms with Crippen molar-refractivity contribution in [2.24, 2.45) is 0 Å². The van der Waals surface area contributed by atoms with Crippen LogP contribution in [0.3, 0.4) is 0 Å². The first kappa shape index (κ1) is 17.9. The van der Waals surface area contributed by atoms with E-state index in [0.717, 1.165) is 5.52 Å². The molecule has 2 aromatic carbocycles. The van der Waals surface area contributed by atoms with Gasteiger partial charge in [0.15, 0.2) is 0 Å². The highest BCUT2D eigenvalue weighted by atomic mass is 19.1. The van der Waals surface area contributed by atoms with Gasteiger partial charge in [0.05, 0.1) is 11.0 Å². The van der Waals surface area contributed by atoms with Crippen molar-refractivity contribution in [3.8, 4) is 0 Å². The molecule has 1 N–H and O–H groups in total. The summed E-state index contributed by atoms with van der Waals surface area (Å²) >= 11 is 0. The van der Waals surface area contributed by atoms with Gasteiger partial charge in [0.2, 0.25) is 5.91 Å². The lowest BCUT2D eigenvalue weighted by molar-refractivity contribution is -0.116. The summed E-state index contributed by atoms with van der Waals surface area (Å²) in [5.41, 5.74) is 1.96. The summed E-state index contributed by atoms with van der Waals surface area (Å²) in [6.45, 7) is 0.275. The highest BCUT2D eigenvalue weighted by Crippen LogP contribution is 2.17. The van der Waals surface area contributed by atoms with Crippen molar-refractivity contribution < 1.29 is 13.6 Å². The average Bonchev–Trinajstić information content (AvgIpc) is 3.16. The predicted molar refractivity (Wildman–Crippen MR) is 103 cm³/mol. The van der Waals surface area contributed by atoms with Crippen molar-refractivity contribution in [3.63, 3.8) is 0 Å². The smallest absolute Gasteiger partial charge is 0.275 e. The Kier molecular flexibility index (Phi) is 4.65. The Bertz CT molecular complexity index is 1230. The SMILES string of the molecule is O=C(CCCn1c(=O)c2cccn2c2ccc(F)cc21)Nc1ccc(F)cc1. The molecule has 4 rings (SSSR count). The molecule has 0 aliphatic carbocycles. The van der Waals surface area contributed by atoms with E-state index in [-0.39, 0.29) is 30.2 Å². The minimum atomic E-state index is -0.429. The van der Waals surface area contributed by atoms with Gasteiger partial charge in [0.1, 0.15) is 17.2 Å². The van der Waals surface area contributed by atoms with Crippen molar-refractivity contribution in [1.82, 2.24) is 8.97 Å². The van der Waals surface area contributed by atoms with Gasteiger partial charge in [0.25, 0.3) is 5.56 Å². The molecule has 0 saturated carbocycles. The number of nitrogens with one attached hydrogen (secondary N) is 1. The summed E-state index contributed by atoms with van der Waals surface area (Å²) in [7, 11) is 0. The standard InChI is InChI=1S/C21H17F2N3O2/c22-14-5-8-16(9-6-14)24-20(27)4-2-12-26-19-13-15(23)7-10-17(19)25-11-1-3-18(25)21(26)28/h1,3,5-11,13H,2,4,12H2,(H,24,27). The quantitative estimate of drug-likeness (QED) is 0.569. The van der Waals surface area contributed by atoms with E-state index in [2.05, 4.69) is 5.32 Å². The number of hydrogen-bond donors (Lipinski definition) is 1. The van der Waals surface area contributed by atoms with Crippen LogP contribution in [0.5, 0.6) is 0 Å². The number of hydrogen-bond acceptors (Lipinski definition) is 2. The summed E-state index contributed by atoms with van der Waals surface area (Å²) in [4.78, 5) is 24.9. The molecule has 2 heterocycles. The highest BCUT2D eigenvalue weighted by Gasteiger charge is 2.12. The summed E-state index contributed by atoms with van der Waals surface area (Å²) in [5.74, 6) is -1.04. The summed E-state index contributed by atoms with van der Waals surface area (Å²) in [6.07, 6.45) is 2.33.